The fourth-order valence-corrected chi connectivity index (χ4v) is 4.94. The van der Waals surface area contributed by atoms with Crippen LogP contribution in [0.25, 0.3) is 0 Å². The van der Waals surface area contributed by atoms with Gasteiger partial charge in [-0.3, -0.25) is 9.59 Å². The van der Waals surface area contributed by atoms with Crippen LogP contribution in [0.1, 0.15) is 47.3 Å². The molecular weight excluding hydrogens is 428 g/mol. The van der Waals surface area contributed by atoms with Crippen molar-refractivity contribution in [3.8, 4) is 5.88 Å². The first-order valence-corrected chi connectivity index (χ1v) is 12.0. The summed E-state index contributed by atoms with van der Waals surface area (Å²) in [6.07, 6.45) is 4.61. The van der Waals surface area contributed by atoms with Crippen molar-refractivity contribution >= 4 is 23.4 Å². The van der Waals surface area contributed by atoms with Crippen LogP contribution in [0.3, 0.4) is 0 Å². The van der Waals surface area contributed by atoms with Crippen molar-refractivity contribution in [1.82, 2.24) is 20.0 Å². The second kappa shape index (κ2) is 10.4. The van der Waals surface area contributed by atoms with Crippen LogP contribution in [-0.4, -0.2) is 58.1 Å². The molecule has 0 spiro atoms. The number of halogens is 1. The Morgan fingerprint density at radius 3 is 2.78 bits per heavy atom. The van der Waals surface area contributed by atoms with E-state index in [4.69, 9.17) is 16.3 Å². The van der Waals surface area contributed by atoms with Crippen molar-refractivity contribution < 1.29 is 14.3 Å². The lowest BCUT2D eigenvalue weighted by Crippen LogP contribution is -2.51. The maximum Gasteiger partial charge on any atom is 0.275 e. The van der Waals surface area contributed by atoms with Crippen LogP contribution in [0.2, 0.25) is 0 Å². The zero-order valence-electron chi connectivity index (χ0n) is 18.6. The van der Waals surface area contributed by atoms with Crippen LogP contribution < -0.4 is 10.1 Å². The predicted octanol–water partition coefficient (Wildman–Crippen LogP) is 3.18. The highest BCUT2D eigenvalue weighted by atomic mass is 35.5. The van der Waals surface area contributed by atoms with Crippen LogP contribution >= 0.6 is 11.6 Å². The van der Waals surface area contributed by atoms with E-state index in [1.54, 1.807) is 0 Å². The topological polar surface area (TPSA) is 76.5 Å². The summed E-state index contributed by atoms with van der Waals surface area (Å²) in [6.45, 7) is 4.52. The molecule has 8 heteroatoms. The molecule has 4 rings (SSSR count). The fraction of sp³-hybridized carbons (Fsp3) is 0.542. The minimum atomic E-state index is -0.187. The van der Waals surface area contributed by atoms with Gasteiger partial charge in [0.2, 0.25) is 11.8 Å². The smallest absolute Gasteiger partial charge is 0.275 e. The van der Waals surface area contributed by atoms with Crippen LogP contribution in [0.5, 0.6) is 5.88 Å². The van der Waals surface area contributed by atoms with E-state index < -0.39 is 0 Å². The number of carbonyl (C=O) groups excluding carboxylic acids is 2. The molecule has 1 fully saturated rings. The van der Waals surface area contributed by atoms with Crippen LogP contribution in [0.15, 0.2) is 30.3 Å². The van der Waals surface area contributed by atoms with Gasteiger partial charge in [0.25, 0.3) is 5.91 Å². The Hall–Kier alpha value is -2.54. The first-order chi connectivity index (χ1) is 15.6. The van der Waals surface area contributed by atoms with E-state index in [0.717, 1.165) is 44.2 Å². The maximum atomic E-state index is 13.7. The highest BCUT2D eigenvalue weighted by molar-refractivity contribution is 6.27. The summed E-state index contributed by atoms with van der Waals surface area (Å²) in [5.41, 5.74) is 2.49. The number of hydrogen-bond donors (Lipinski definition) is 1. The lowest BCUT2D eigenvalue weighted by molar-refractivity contribution is -0.118. The van der Waals surface area contributed by atoms with Gasteiger partial charge in [-0.2, -0.15) is 5.10 Å². The van der Waals surface area contributed by atoms with E-state index in [1.807, 2.05) is 34.7 Å². The molecule has 2 unspecified atom stereocenters. The zero-order valence-corrected chi connectivity index (χ0v) is 19.3. The summed E-state index contributed by atoms with van der Waals surface area (Å²) >= 11 is 5.71. The van der Waals surface area contributed by atoms with Gasteiger partial charge in [0, 0.05) is 43.6 Å². The van der Waals surface area contributed by atoms with Gasteiger partial charge < -0.3 is 15.0 Å². The molecule has 2 atom stereocenters. The third kappa shape index (κ3) is 4.93. The van der Waals surface area contributed by atoms with Gasteiger partial charge in [-0.15, -0.1) is 11.6 Å². The number of likely N-dealkylation sites (tertiary alicyclic amines) is 1. The van der Waals surface area contributed by atoms with Crippen molar-refractivity contribution in [1.29, 1.82) is 0 Å². The highest BCUT2D eigenvalue weighted by Crippen LogP contribution is 2.31. The molecule has 2 aliphatic heterocycles. The van der Waals surface area contributed by atoms with E-state index in [1.165, 1.54) is 5.56 Å². The van der Waals surface area contributed by atoms with Crippen molar-refractivity contribution in [2.45, 2.75) is 51.6 Å². The number of aryl methyl sites for hydroxylation is 1. The average Bonchev–Trinajstić information content (AvgIpc) is 3.18. The number of benzene rings is 1. The first-order valence-electron chi connectivity index (χ1n) is 11.5. The third-order valence-corrected chi connectivity index (χ3v) is 6.71. The standard InChI is InChI=1S/C24H31ClN4O3/c1-17-22(27-29-12-7-13-32-24(17)29)23(31)28-11-6-5-10-20(28)19(16-26-21(30)15-25)14-18-8-3-2-4-9-18/h2-4,8-9,19-20H,5-7,10-16H2,1H3,(H,26,30). The highest BCUT2D eigenvalue weighted by Gasteiger charge is 2.36. The predicted molar refractivity (Wildman–Crippen MR) is 123 cm³/mol. The number of hydrogen-bond acceptors (Lipinski definition) is 4. The van der Waals surface area contributed by atoms with Crippen molar-refractivity contribution in [3.05, 3.63) is 47.2 Å². The number of nitrogens with one attached hydrogen (secondary N) is 1. The molecule has 1 aromatic carbocycles. The lowest BCUT2D eigenvalue weighted by Gasteiger charge is -2.40. The summed E-state index contributed by atoms with van der Waals surface area (Å²) in [5.74, 6) is 0.503. The summed E-state index contributed by atoms with van der Waals surface area (Å²) in [4.78, 5) is 27.6. The Kier molecular flexibility index (Phi) is 7.35. The maximum absolute atomic E-state index is 13.7. The zero-order chi connectivity index (χ0) is 22.5. The summed E-state index contributed by atoms with van der Waals surface area (Å²) in [6, 6.07) is 10.2. The number of carbonyl (C=O) groups is 2. The van der Waals surface area contributed by atoms with Crippen LogP contribution in [0.4, 0.5) is 0 Å². The second-order valence-electron chi connectivity index (χ2n) is 8.65. The molecule has 172 valence electrons. The third-order valence-electron chi connectivity index (χ3n) is 6.46. The fourth-order valence-electron chi connectivity index (χ4n) is 4.85. The number of amides is 2. The molecule has 2 amide bonds. The average molecular weight is 459 g/mol. The molecular formula is C24H31ClN4O3. The van der Waals surface area contributed by atoms with E-state index in [9.17, 15) is 9.59 Å². The number of rotatable bonds is 7. The Labute approximate surface area is 194 Å². The normalized spacial score (nSPS) is 19.1. The van der Waals surface area contributed by atoms with E-state index in [-0.39, 0.29) is 29.7 Å². The Morgan fingerprint density at radius 1 is 1.22 bits per heavy atom. The van der Waals surface area contributed by atoms with Gasteiger partial charge in [0.1, 0.15) is 5.88 Å². The Bertz CT molecular complexity index is 946. The number of alkyl halides is 1. The second-order valence-corrected chi connectivity index (χ2v) is 8.92. The molecule has 0 bridgehead atoms. The number of aromatic nitrogens is 2. The Balaban J connectivity index is 1.59. The molecule has 32 heavy (non-hydrogen) atoms. The van der Waals surface area contributed by atoms with Gasteiger partial charge in [-0.25, -0.2) is 4.68 Å². The molecule has 2 aromatic rings. The van der Waals surface area contributed by atoms with Crippen LogP contribution in [-0.2, 0) is 17.8 Å². The largest absolute Gasteiger partial charge is 0.478 e. The van der Waals surface area contributed by atoms with Crippen molar-refractivity contribution in [2.24, 2.45) is 5.92 Å². The summed E-state index contributed by atoms with van der Waals surface area (Å²) in [5, 5.41) is 7.56. The molecule has 0 radical (unpaired) electrons. The van der Waals surface area contributed by atoms with Crippen LogP contribution in [0, 0.1) is 12.8 Å². The van der Waals surface area contributed by atoms with E-state index in [2.05, 4.69) is 22.5 Å². The molecule has 7 nitrogen and oxygen atoms in total. The minimum Gasteiger partial charge on any atom is -0.478 e. The lowest BCUT2D eigenvalue weighted by atomic mass is 9.85. The van der Waals surface area contributed by atoms with Gasteiger partial charge in [-0.05, 0) is 38.2 Å². The SMILES string of the molecule is Cc1c(C(=O)N2CCCCC2C(CNC(=O)CCl)Cc2ccccc2)nn2c1OCCC2. The van der Waals surface area contributed by atoms with E-state index >= 15 is 0 Å². The molecule has 0 aliphatic carbocycles. The van der Waals surface area contributed by atoms with Crippen molar-refractivity contribution in [3.63, 3.8) is 0 Å². The summed E-state index contributed by atoms with van der Waals surface area (Å²) < 4.78 is 7.59. The molecule has 3 heterocycles. The van der Waals surface area contributed by atoms with Crippen molar-refractivity contribution in [2.75, 3.05) is 25.6 Å². The number of fused-ring (bicyclic) bond motifs is 1. The number of piperidine rings is 1. The van der Waals surface area contributed by atoms with Gasteiger partial charge in [-0.1, -0.05) is 30.3 Å². The number of nitrogens with zero attached hydrogens (tertiary/aromatic N) is 3. The summed E-state index contributed by atoms with van der Waals surface area (Å²) in [7, 11) is 0. The first kappa shape index (κ1) is 22.6. The molecule has 0 saturated carbocycles. The quantitative estimate of drug-likeness (QED) is 0.646. The Morgan fingerprint density at radius 2 is 2.03 bits per heavy atom. The molecule has 1 aromatic heterocycles. The molecule has 2 aliphatic rings. The number of ether oxygens (including phenoxy) is 1. The molecule has 1 saturated heterocycles. The molecule has 1 N–H and O–H groups in total. The van der Waals surface area contributed by atoms with E-state index in [0.29, 0.717) is 31.3 Å². The van der Waals surface area contributed by atoms with Gasteiger partial charge in [0.05, 0.1) is 6.61 Å². The van der Waals surface area contributed by atoms with Gasteiger partial charge in [0.15, 0.2) is 5.69 Å². The minimum absolute atomic E-state index is 0.0196. The van der Waals surface area contributed by atoms with Gasteiger partial charge >= 0.3 is 0 Å². The monoisotopic (exact) mass is 458 g/mol.